The van der Waals surface area contributed by atoms with Gasteiger partial charge < -0.3 is 14.1 Å². The van der Waals surface area contributed by atoms with E-state index in [2.05, 4.69) is 22.0 Å². The van der Waals surface area contributed by atoms with E-state index in [0.29, 0.717) is 32.8 Å². The maximum Gasteiger partial charge on any atom is 0.257 e. The Morgan fingerprint density at radius 3 is 2.73 bits per heavy atom. The minimum Gasteiger partial charge on any atom is -0.468 e. The Morgan fingerprint density at radius 2 is 1.97 bits per heavy atom. The van der Waals surface area contributed by atoms with Crippen LogP contribution in [-0.2, 0) is 22.6 Å². The van der Waals surface area contributed by atoms with Crippen LogP contribution in [0.25, 0.3) is 0 Å². The van der Waals surface area contributed by atoms with Crippen molar-refractivity contribution in [2.75, 3.05) is 26.2 Å². The fourth-order valence-electron chi connectivity index (χ4n) is 4.70. The van der Waals surface area contributed by atoms with E-state index in [4.69, 9.17) is 9.15 Å². The highest BCUT2D eigenvalue weighted by Crippen LogP contribution is 2.42. The van der Waals surface area contributed by atoms with E-state index >= 15 is 0 Å². The lowest BCUT2D eigenvalue weighted by Crippen LogP contribution is -2.59. The Bertz CT molecular complexity index is 977. The molecule has 0 N–H and O–H groups in total. The first-order valence-corrected chi connectivity index (χ1v) is 10.4. The van der Waals surface area contributed by atoms with Gasteiger partial charge in [-0.1, -0.05) is 36.4 Å². The summed E-state index contributed by atoms with van der Waals surface area (Å²) >= 11 is 0. The molecule has 5 rings (SSSR count). The highest BCUT2D eigenvalue weighted by Gasteiger charge is 2.57. The first-order chi connectivity index (χ1) is 14.7. The average molecular weight is 403 g/mol. The summed E-state index contributed by atoms with van der Waals surface area (Å²) in [5.41, 5.74) is 1.27. The second kappa shape index (κ2) is 8.05. The Kier molecular flexibility index (Phi) is 5.11. The molecule has 2 aliphatic heterocycles. The molecule has 154 valence electrons. The standard InChI is InChI=1S/C24H25N3O3/c28-23-24(30-13-11-27(23)15-19-6-2-1-3-7-19)18-26(16-21-9-5-12-29-21)17-22(24)20-8-4-10-25-14-20/h1-10,12,14,22H,11,13,15-18H2. The van der Waals surface area contributed by atoms with Gasteiger partial charge in [-0.15, -0.1) is 0 Å². The largest absolute Gasteiger partial charge is 0.468 e. The fourth-order valence-corrected chi connectivity index (χ4v) is 4.70. The molecule has 2 atom stereocenters. The van der Waals surface area contributed by atoms with Crippen molar-refractivity contribution in [1.29, 1.82) is 0 Å². The van der Waals surface area contributed by atoms with E-state index in [0.717, 1.165) is 23.4 Å². The number of ether oxygens (including phenoxy) is 1. The van der Waals surface area contributed by atoms with Crippen LogP contribution < -0.4 is 0 Å². The Hall–Kier alpha value is -2.96. The Labute approximate surface area is 176 Å². The molecule has 30 heavy (non-hydrogen) atoms. The predicted molar refractivity (Wildman–Crippen MR) is 112 cm³/mol. The molecule has 0 saturated carbocycles. The van der Waals surface area contributed by atoms with Crippen LogP contribution in [0.3, 0.4) is 0 Å². The minimum atomic E-state index is -0.900. The molecule has 2 aliphatic rings. The van der Waals surface area contributed by atoms with Crippen LogP contribution in [0.15, 0.2) is 77.7 Å². The van der Waals surface area contributed by atoms with Gasteiger partial charge in [0, 0.05) is 44.5 Å². The number of nitrogens with zero attached hydrogens (tertiary/aromatic N) is 3. The number of rotatable bonds is 5. The molecule has 2 aromatic heterocycles. The lowest BCUT2D eigenvalue weighted by atomic mass is 9.83. The summed E-state index contributed by atoms with van der Waals surface area (Å²) < 4.78 is 11.9. The second-order valence-corrected chi connectivity index (χ2v) is 8.04. The molecule has 4 heterocycles. The summed E-state index contributed by atoms with van der Waals surface area (Å²) in [5, 5.41) is 0. The maximum atomic E-state index is 13.8. The van der Waals surface area contributed by atoms with Crippen LogP contribution in [0.1, 0.15) is 22.8 Å². The van der Waals surface area contributed by atoms with Crippen LogP contribution in [0.5, 0.6) is 0 Å². The molecule has 1 aromatic carbocycles. The Morgan fingerprint density at radius 1 is 1.07 bits per heavy atom. The molecule has 2 fully saturated rings. The number of aromatic nitrogens is 1. The Balaban J connectivity index is 1.45. The first kappa shape index (κ1) is 19.0. The molecule has 0 radical (unpaired) electrons. The SMILES string of the molecule is O=C1N(Cc2ccccc2)CCOC12CN(Cc1ccco1)CC2c1cccnc1. The number of amides is 1. The van der Waals surface area contributed by atoms with E-state index in [1.54, 1.807) is 12.5 Å². The zero-order valence-electron chi connectivity index (χ0n) is 16.8. The van der Waals surface area contributed by atoms with E-state index in [1.165, 1.54) is 0 Å². The molecule has 2 unspecified atom stereocenters. The van der Waals surface area contributed by atoms with Gasteiger partial charge >= 0.3 is 0 Å². The van der Waals surface area contributed by atoms with E-state index in [-0.39, 0.29) is 11.8 Å². The van der Waals surface area contributed by atoms with Gasteiger partial charge in [-0.3, -0.25) is 14.7 Å². The van der Waals surface area contributed by atoms with Crippen LogP contribution >= 0.6 is 0 Å². The van der Waals surface area contributed by atoms with Crippen molar-refractivity contribution in [3.63, 3.8) is 0 Å². The third-order valence-corrected chi connectivity index (χ3v) is 6.09. The van der Waals surface area contributed by atoms with Crippen molar-refractivity contribution in [2.24, 2.45) is 0 Å². The van der Waals surface area contributed by atoms with Gasteiger partial charge in [-0.2, -0.15) is 0 Å². The number of carbonyl (C=O) groups is 1. The lowest BCUT2D eigenvalue weighted by Gasteiger charge is -2.42. The second-order valence-electron chi connectivity index (χ2n) is 8.04. The van der Waals surface area contributed by atoms with Crippen LogP contribution in [0, 0.1) is 0 Å². The normalized spacial score (nSPS) is 24.6. The monoisotopic (exact) mass is 403 g/mol. The zero-order chi connectivity index (χ0) is 20.4. The molecule has 2 saturated heterocycles. The summed E-state index contributed by atoms with van der Waals surface area (Å²) in [6.45, 7) is 3.65. The van der Waals surface area contributed by atoms with Crippen molar-refractivity contribution < 1.29 is 13.9 Å². The highest BCUT2D eigenvalue weighted by atomic mass is 16.5. The molecule has 3 aromatic rings. The number of carbonyl (C=O) groups excluding carboxylic acids is 1. The van der Waals surface area contributed by atoms with E-state index in [9.17, 15) is 4.79 Å². The van der Waals surface area contributed by atoms with Crippen molar-refractivity contribution in [3.8, 4) is 0 Å². The van der Waals surface area contributed by atoms with Gasteiger partial charge in [-0.05, 0) is 29.3 Å². The number of morpholine rings is 1. The van der Waals surface area contributed by atoms with Gasteiger partial charge in [-0.25, -0.2) is 0 Å². The topological polar surface area (TPSA) is 58.8 Å². The van der Waals surface area contributed by atoms with Crippen molar-refractivity contribution >= 4 is 5.91 Å². The van der Waals surface area contributed by atoms with Crippen LogP contribution in [0.2, 0.25) is 0 Å². The molecule has 6 nitrogen and oxygen atoms in total. The summed E-state index contributed by atoms with van der Waals surface area (Å²) in [6, 6.07) is 18.0. The molecule has 1 amide bonds. The van der Waals surface area contributed by atoms with Crippen LogP contribution in [-0.4, -0.2) is 52.5 Å². The fraction of sp³-hybridized carbons (Fsp3) is 0.333. The average Bonchev–Trinajstić information content (AvgIpc) is 3.42. The smallest absolute Gasteiger partial charge is 0.257 e. The quantitative estimate of drug-likeness (QED) is 0.655. The van der Waals surface area contributed by atoms with Gasteiger partial charge in [0.25, 0.3) is 5.91 Å². The zero-order valence-corrected chi connectivity index (χ0v) is 16.8. The summed E-state index contributed by atoms with van der Waals surface area (Å²) in [4.78, 5) is 22.3. The third-order valence-electron chi connectivity index (χ3n) is 6.09. The minimum absolute atomic E-state index is 0.0633. The maximum absolute atomic E-state index is 13.8. The number of hydrogen-bond donors (Lipinski definition) is 0. The van der Waals surface area contributed by atoms with Crippen molar-refractivity contribution in [3.05, 3.63) is 90.1 Å². The molecule has 1 spiro atoms. The highest BCUT2D eigenvalue weighted by molar-refractivity contribution is 5.88. The summed E-state index contributed by atoms with van der Waals surface area (Å²) in [7, 11) is 0. The lowest BCUT2D eigenvalue weighted by molar-refractivity contribution is -0.173. The number of likely N-dealkylation sites (tertiary alicyclic amines) is 1. The van der Waals surface area contributed by atoms with E-state index < -0.39 is 5.60 Å². The summed E-state index contributed by atoms with van der Waals surface area (Å²) in [5.74, 6) is 0.877. The molecular weight excluding hydrogens is 378 g/mol. The van der Waals surface area contributed by atoms with Gasteiger partial charge in [0.15, 0.2) is 5.60 Å². The van der Waals surface area contributed by atoms with Crippen molar-refractivity contribution in [1.82, 2.24) is 14.8 Å². The number of benzene rings is 1. The number of furan rings is 1. The van der Waals surface area contributed by atoms with E-state index in [1.807, 2.05) is 53.6 Å². The number of pyridine rings is 1. The molecular formula is C24H25N3O3. The predicted octanol–water partition coefficient (Wildman–Crippen LogP) is 3.07. The van der Waals surface area contributed by atoms with Gasteiger partial charge in [0.2, 0.25) is 0 Å². The molecule has 6 heteroatoms. The third kappa shape index (κ3) is 3.53. The van der Waals surface area contributed by atoms with Crippen molar-refractivity contribution in [2.45, 2.75) is 24.6 Å². The van der Waals surface area contributed by atoms with Crippen LogP contribution in [0.4, 0.5) is 0 Å². The number of hydrogen-bond acceptors (Lipinski definition) is 5. The molecule has 0 aliphatic carbocycles. The van der Waals surface area contributed by atoms with Gasteiger partial charge in [0.05, 0.1) is 19.4 Å². The van der Waals surface area contributed by atoms with Gasteiger partial charge in [0.1, 0.15) is 5.76 Å². The first-order valence-electron chi connectivity index (χ1n) is 10.4. The summed E-state index contributed by atoms with van der Waals surface area (Å²) in [6.07, 6.45) is 5.30. The molecule has 0 bridgehead atoms.